The van der Waals surface area contributed by atoms with Crippen LogP contribution in [0.1, 0.15) is 34.5 Å². The van der Waals surface area contributed by atoms with Crippen molar-refractivity contribution in [2.75, 3.05) is 26.2 Å². The lowest BCUT2D eigenvalue weighted by molar-refractivity contribution is -0.192. The Kier molecular flexibility index (Phi) is 7.05. The van der Waals surface area contributed by atoms with Crippen LogP contribution in [0.3, 0.4) is 0 Å². The molecule has 1 atom stereocenters. The highest BCUT2D eigenvalue weighted by atomic mass is 32.1. The molecule has 0 bridgehead atoms. The number of nitrogens with zero attached hydrogens (tertiary/aromatic N) is 4. The van der Waals surface area contributed by atoms with Crippen molar-refractivity contribution in [3.05, 3.63) is 40.3 Å². The molecule has 4 rings (SSSR count). The van der Waals surface area contributed by atoms with E-state index in [1.54, 1.807) is 11.3 Å². The topological polar surface area (TPSA) is 78.7 Å². The first-order valence-corrected chi connectivity index (χ1v) is 10.8. The van der Waals surface area contributed by atoms with Gasteiger partial charge in [0.15, 0.2) is 0 Å². The highest BCUT2D eigenvalue weighted by Gasteiger charge is 2.42. The molecule has 0 aromatic carbocycles. The van der Waals surface area contributed by atoms with Gasteiger partial charge < -0.3 is 10.0 Å². The van der Waals surface area contributed by atoms with Crippen molar-refractivity contribution in [1.29, 1.82) is 0 Å². The molecule has 1 amide bonds. The number of carboxylic acids is 1. The van der Waals surface area contributed by atoms with Crippen LogP contribution in [0.4, 0.5) is 13.2 Å². The fourth-order valence-corrected chi connectivity index (χ4v) is 4.94. The molecule has 2 fully saturated rings. The van der Waals surface area contributed by atoms with Gasteiger partial charge in [0.25, 0.3) is 5.91 Å². The molecule has 0 radical (unpaired) electrons. The second kappa shape index (κ2) is 9.39. The van der Waals surface area contributed by atoms with Crippen molar-refractivity contribution in [3.63, 3.8) is 0 Å². The number of alkyl halides is 3. The van der Waals surface area contributed by atoms with Gasteiger partial charge in [-0.2, -0.15) is 18.3 Å². The third kappa shape index (κ3) is 6.07. The van der Waals surface area contributed by atoms with Crippen LogP contribution in [0.25, 0.3) is 0 Å². The van der Waals surface area contributed by atoms with E-state index in [0.29, 0.717) is 0 Å². The molecule has 1 unspecified atom stereocenters. The largest absolute Gasteiger partial charge is 0.490 e. The standard InChI is InChI=1S/C18H24N4OS.C2HF3O2/c1-20-11-15(10-19-20)12-21-8-6-18(13-21)5-3-7-22(14-18)17(23)16-4-2-9-24-16;3-2(4,5)1(6)7/h2,4,9-11H,3,5-8,12-14H2,1H3;(H,6,7). The van der Waals surface area contributed by atoms with Crippen molar-refractivity contribution in [1.82, 2.24) is 19.6 Å². The van der Waals surface area contributed by atoms with Gasteiger partial charge >= 0.3 is 12.1 Å². The van der Waals surface area contributed by atoms with Crippen molar-refractivity contribution in [2.24, 2.45) is 12.5 Å². The smallest absolute Gasteiger partial charge is 0.475 e. The highest BCUT2D eigenvalue weighted by molar-refractivity contribution is 7.12. The average molecular weight is 459 g/mol. The molecule has 2 saturated heterocycles. The lowest BCUT2D eigenvalue weighted by Gasteiger charge is -2.40. The molecule has 170 valence electrons. The maximum absolute atomic E-state index is 12.7. The lowest BCUT2D eigenvalue weighted by atomic mass is 9.79. The minimum Gasteiger partial charge on any atom is -0.475 e. The molecule has 2 aromatic heterocycles. The van der Waals surface area contributed by atoms with Gasteiger partial charge in [-0.25, -0.2) is 4.79 Å². The van der Waals surface area contributed by atoms with Crippen molar-refractivity contribution >= 4 is 23.2 Å². The van der Waals surface area contributed by atoms with Crippen LogP contribution in [-0.4, -0.2) is 68.9 Å². The van der Waals surface area contributed by atoms with Gasteiger partial charge in [0.1, 0.15) is 0 Å². The third-order valence-electron chi connectivity index (χ3n) is 5.60. The van der Waals surface area contributed by atoms with Crippen LogP contribution in [0.2, 0.25) is 0 Å². The Balaban J connectivity index is 0.000000339. The van der Waals surface area contributed by atoms with Crippen LogP contribution in [0.15, 0.2) is 29.9 Å². The summed E-state index contributed by atoms with van der Waals surface area (Å²) in [4.78, 5) is 27.1. The molecule has 2 aliphatic rings. The van der Waals surface area contributed by atoms with E-state index in [1.165, 1.54) is 18.4 Å². The number of amides is 1. The number of carbonyl (C=O) groups is 2. The van der Waals surface area contributed by atoms with E-state index in [4.69, 9.17) is 9.90 Å². The number of thiophene rings is 1. The second-order valence-electron chi connectivity index (χ2n) is 8.09. The van der Waals surface area contributed by atoms with E-state index in [2.05, 4.69) is 21.1 Å². The van der Waals surface area contributed by atoms with E-state index in [9.17, 15) is 18.0 Å². The summed E-state index contributed by atoms with van der Waals surface area (Å²) >= 11 is 1.55. The molecule has 7 nitrogen and oxygen atoms in total. The number of carbonyl (C=O) groups excluding carboxylic acids is 1. The summed E-state index contributed by atoms with van der Waals surface area (Å²) in [6.45, 7) is 4.99. The minimum atomic E-state index is -5.08. The maximum atomic E-state index is 12.7. The van der Waals surface area contributed by atoms with E-state index in [0.717, 1.165) is 44.0 Å². The van der Waals surface area contributed by atoms with Gasteiger partial charge in [-0.05, 0) is 37.3 Å². The minimum absolute atomic E-state index is 0.217. The van der Waals surface area contributed by atoms with Crippen molar-refractivity contribution in [2.45, 2.75) is 32.0 Å². The maximum Gasteiger partial charge on any atom is 0.490 e. The predicted octanol–water partition coefficient (Wildman–Crippen LogP) is 3.24. The van der Waals surface area contributed by atoms with E-state index in [-0.39, 0.29) is 11.3 Å². The summed E-state index contributed by atoms with van der Waals surface area (Å²) in [5.74, 6) is -2.54. The number of aliphatic carboxylic acids is 1. The molecular weight excluding hydrogens is 433 g/mol. The molecule has 31 heavy (non-hydrogen) atoms. The van der Waals surface area contributed by atoms with Crippen LogP contribution < -0.4 is 0 Å². The summed E-state index contributed by atoms with van der Waals surface area (Å²) in [5, 5.41) is 13.4. The monoisotopic (exact) mass is 458 g/mol. The fourth-order valence-electron chi connectivity index (χ4n) is 4.24. The first-order valence-electron chi connectivity index (χ1n) is 9.91. The zero-order valence-corrected chi connectivity index (χ0v) is 18.0. The van der Waals surface area contributed by atoms with Gasteiger partial charge in [0.05, 0.1) is 11.1 Å². The summed E-state index contributed by atoms with van der Waals surface area (Å²) in [7, 11) is 1.96. The van der Waals surface area contributed by atoms with Gasteiger partial charge in [-0.15, -0.1) is 11.3 Å². The molecular formula is C20H25F3N4O3S. The molecule has 1 N–H and O–H groups in total. The summed E-state index contributed by atoms with van der Waals surface area (Å²) in [6, 6.07) is 3.90. The molecule has 2 aromatic rings. The number of rotatable bonds is 3. The zero-order valence-electron chi connectivity index (χ0n) is 17.1. The number of aromatic nitrogens is 2. The Bertz CT molecular complexity index is 900. The number of hydrogen-bond acceptors (Lipinski definition) is 5. The summed E-state index contributed by atoms with van der Waals surface area (Å²) in [5.41, 5.74) is 1.56. The molecule has 0 saturated carbocycles. The van der Waals surface area contributed by atoms with Gasteiger partial charge in [-0.3, -0.25) is 14.4 Å². The Morgan fingerprint density at radius 1 is 1.26 bits per heavy atom. The van der Waals surface area contributed by atoms with Crippen molar-refractivity contribution in [3.8, 4) is 0 Å². The SMILES string of the molecule is Cn1cc(CN2CCC3(CCCN(C(=O)c4cccs4)C3)C2)cn1.O=C(O)C(F)(F)F. The molecule has 0 aliphatic carbocycles. The van der Waals surface area contributed by atoms with Gasteiger partial charge in [0, 0.05) is 50.4 Å². The second-order valence-corrected chi connectivity index (χ2v) is 9.04. The number of piperidine rings is 1. The molecule has 2 aliphatic heterocycles. The van der Waals surface area contributed by atoms with E-state index < -0.39 is 12.1 Å². The van der Waals surface area contributed by atoms with Crippen molar-refractivity contribution < 1.29 is 27.9 Å². The predicted molar refractivity (Wildman–Crippen MR) is 109 cm³/mol. The quantitative estimate of drug-likeness (QED) is 0.764. The summed E-state index contributed by atoms with van der Waals surface area (Å²) in [6.07, 6.45) is 2.53. The Morgan fingerprint density at radius 2 is 2.00 bits per heavy atom. The number of halogens is 3. The number of carboxylic acid groups (broad SMARTS) is 1. The Morgan fingerprint density at radius 3 is 2.58 bits per heavy atom. The van der Waals surface area contributed by atoms with Gasteiger partial charge in [0.2, 0.25) is 0 Å². The Hall–Kier alpha value is -2.40. The highest BCUT2D eigenvalue weighted by Crippen LogP contribution is 2.40. The number of aryl methyl sites for hydroxylation is 1. The van der Waals surface area contributed by atoms with Crippen LogP contribution in [-0.2, 0) is 18.4 Å². The molecule has 4 heterocycles. The first-order chi connectivity index (χ1) is 14.6. The average Bonchev–Trinajstić information content (AvgIpc) is 3.44. The summed E-state index contributed by atoms with van der Waals surface area (Å²) < 4.78 is 33.6. The van der Waals surface area contributed by atoms with E-state index in [1.807, 2.05) is 35.4 Å². The number of likely N-dealkylation sites (tertiary alicyclic amines) is 2. The Labute approximate surface area is 182 Å². The lowest BCUT2D eigenvalue weighted by Crippen LogP contribution is -2.47. The van der Waals surface area contributed by atoms with Gasteiger partial charge in [-0.1, -0.05) is 6.07 Å². The van der Waals surface area contributed by atoms with Crippen LogP contribution >= 0.6 is 11.3 Å². The molecule has 11 heteroatoms. The molecule has 1 spiro atoms. The zero-order chi connectivity index (χ0) is 22.6. The fraction of sp³-hybridized carbons (Fsp3) is 0.550. The third-order valence-corrected chi connectivity index (χ3v) is 6.46. The first kappa shape index (κ1) is 23.3. The number of hydrogen-bond donors (Lipinski definition) is 1. The normalized spacial score (nSPS) is 21.7. The van der Waals surface area contributed by atoms with Crippen LogP contribution in [0.5, 0.6) is 0 Å². The van der Waals surface area contributed by atoms with E-state index >= 15 is 0 Å². The van der Waals surface area contributed by atoms with Crippen LogP contribution in [0, 0.1) is 5.41 Å².